The highest BCUT2D eigenvalue weighted by atomic mass is 19.1. The van der Waals surface area contributed by atoms with Gasteiger partial charge < -0.3 is 20.9 Å². The number of nitrogen functional groups attached to an aromatic ring is 1. The highest BCUT2D eigenvalue weighted by Crippen LogP contribution is 2.16. The summed E-state index contributed by atoms with van der Waals surface area (Å²) in [6.07, 6.45) is -0.0353. The van der Waals surface area contributed by atoms with Crippen molar-refractivity contribution in [1.29, 1.82) is 0 Å². The number of nitrogens with two attached hydrogens (primary N) is 1. The summed E-state index contributed by atoms with van der Waals surface area (Å²) in [5.41, 5.74) is 6.20. The molecule has 0 amide bonds. The van der Waals surface area contributed by atoms with Crippen LogP contribution in [-0.4, -0.2) is 31.5 Å². The van der Waals surface area contributed by atoms with E-state index >= 15 is 0 Å². The van der Waals surface area contributed by atoms with Gasteiger partial charge >= 0.3 is 0 Å². The fourth-order valence-corrected chi connectivity index (χ4v) is 1.32. The van der Waals surface area contributed by atoms with Gasteiger partial charge in [0.1, 0.15) is 5.82 Å². The van der Waals surface area contributed by atoms with Gasteiger partial charge in [-0.05, 0) is 24.6 Å². The molecule has 0 aliphatic heterocycles. The molecule has 1 atom stereocenters. The number of anilines is 2. The number of ether oxygens (including phenoxy) is 1. The molecule has 0 aliphatic carbocycles. The van der Waals surface area contributed by atoms with Gasteiger partial charge in [-0.25, -0.2) is 4.39 Å². The lowest BCUT2D eigenvalue weighted by Gasteiger charge is -2.11. The Hall–Kier alpha value is -1.33. The minimum absolute atomic E-state index is 0.284. The van der Waals surface area contributed by atoms with Crippen molar-refractivity contribution in [1.82, 2.24) is 0 Å². The number of hydrogen-bond acceptors (Lipinski definition) is 4. The Morgan fingerprint density at radius 1 is 1.56 bits per heavy atom. The van der Waals surface area contributed by atoms with Crippen molar-refractivity contribution in [3.63, 3.8) is 0 Å². The minimum Gasteiger partial charge on any atom is -0.399 e. The molecule has 0 bridgehead atoms. The number of nitrogens with one attached hydrogen (secondary N) is 1. The van der Waals surface area contributed by atoms with Crippen LogP contribution in [0.25, 0.3) is 0 Å². The van der Waals surface area contributed by atoms with E-state index in [2.05, 4.69) is 5.32 Å². The number of benzene rings is 1. The topological polar surface area (TPSA) is 67.5 Å². The van der Waals surface area contributed by atoms with Crippen LogP contribution in [0.4, 0.5) is 15.8 Å². The Morgan fingerprint density at radius 2 is 2.31 bits per heavy atom. The smallest absolute Gasteiger partial charge is 0.148 e. The van der Waals surface area contributed by atoms with E-state index in [0.717, 1.165) is 0 Å². The maximum atomic E-state index is 13.3. The SMILES string of the molecule is COCC(O)CCNc1ccc(N)cc1F. The van der Waals surface area contributed by atoms with Crippen LogP contribution < -0.4 is 11.1 Å². The number of hydrogen-bond donors (Lipinski definition) is 3. The summed E-state index contributed by atoms with van der Waals surface area (Å²) >= 11 is 0. The summed E-state index contributed by atoms with van der Waals surface area (Å²) in [4.78, 5) is 0. The summed E-state index contributed by atoms with van der Waals surface area (Å²) in [7, 11) is 1.52. The Morgan fingerprint density at radius 3 is 2.94 bits per heavy atom. The fraction of sp³-hybridized carbons (Fsp3) is 0.455. The first-order valence-corrected chi connectivity index (χ1v) is 5.09. The molecule has 0 heterocycles. The van der Waals surface area contributed by atoms with Crippen molar-refractivity contribution in [2.45, 2.75) is 12.5 Å². The van der Waals surface area contributed by atoms with Gasteiger partial charge in [0, 0.05) is 19.3 Å². The molecule has 0 aliphatic rings. The van der Waals surface area contributed by atoms with E-state index in [9.17, 15) is 9.50 Å². The molecule has 0 fully saturated rings. The average molecular weight is 228 g/mol. The van der Waals surface area contributed by atoms with Gasteiger partial charge in [0.05, 0.1) is 18.4 Å². The molecule has 0 aromatic heterocycles. The van der Waals surface area contributed by atoms with E-state index in [1.165, 1.54) is 13.2 Å². The lowest BCUT2D eigenvalue weighted by Crippen LogP contribution is -2.18. The second-order valence-electron chi connectivity index (χ2n) is 3.56. The molecule has 4 N–H and O–H groups in total. The van der Waals surface area contributed by atoms with Crippen molar-refractivity contribution in [3.8, 4) is 0 Å². The predicted octanol–water partition coefficient (Wildman–Crippen LogP) is 1.22. The van der Waals surface area contributed by atoms with Crippen LogP contribution in [0.1, 0.15) is 6.42 Å². The summed E-state index contributed by atoms with van der Waals surface area (Å²) in [6, 6.07) is 4.46. The quantitative estimate of drug-likeness (QED) is 0.640. The van der Waals surface area contributed by atoms with Crippen molar-refractivity contribution in [3.05, 3.63) is 24.0 Å². The largest absolute Gasteiger partial charge is 0.399 e. The highest BCUT2D eigenvalue weighted by molar-refractivity contribution is 5.52. The Labute approximate surface area is 94.2 Å². The van der Waals surface area contributed by atoms with Crippen molar-refractivity contribution >= 4 is 11.4 Å². The third-order valence-corrected chi connectivity index (χ3v) is 2.15. The maximum absolute atomic E-state index is 13.3. The first-order valence-electron chi connectivity index (χ1n) is 5.09. The van der Waals surface area contributed by atoms with E-state index < -0.39 is 6.10 Å². The highest BCUT2D eigenvalue weighted by Gasteiger charge is 2.05. The lowest BCUT2D eigenvalue weighted by atomic mass is 10.2. The standard InChI is InChI=1S/C11H17FN2O2/c1-16-7-9(15)4-5-14-11-3-2-8(13)6-10(11)12/h2-3,6,9,14-15H,4-5,7,13H2,1H3. The van der Waals surface area contributed by atoms with Gasteiger partial charge in [0.25, 0.3) is 0 Å². The summed E-state index contributed by atoms with van der Waals surface area (Å²) in [5, 5.41) is 12.2. The number of methoxy groups -OCH3 is 1. The molecule has 0 spiro atoms. The fourth-order valence-electron chi connectivity index (χ4n) is 1.32. The molecular weight excluding hydrogens is 211 g/mol. The molecule has 1 aromatic rings. The lowest BCUT2D eigenvalue weighted by molar-refractivity contribution is 0.0615. The minimum atomic E-state index is -0.533. The molecule has 1 rings (SSSR count). The van der Waals surface area contributed by atoms with Crippen molar-refractivity contribution < 1.29 is 14.2 Å². The zero-order chi connectivity index (χ0) is 12.0. The van der Waals surface area contributed by atoms with E-state index in [4.69, 9.17) is 10.5 Å². The molecule has 0 radical (unpaired) electrons. The van der Waals surface area contributed by atoms with Crippen molar-refractivity contribution in [2.75, 3.05) is 31.3 Å². The zero-order valence-corrected chi connectivity index (χ0v) is 9.24. The van der Waals surface area contributed by atoms with Gasteiger partial charge in [-0.3, -0.25) is 0 Å². The van der Waals surface area contributed by atoms with Crippen LogP contribution in [0.3, 0.4) is 0 Å². The average Bonchev–Trinajstić information content (AvgIpc) is 2.22. The Balaban J connectivity index is 2.37. The van der Waals surface area contributed by atoms with Crippen LogP contribution in [0.5, 0.6) is 0 Å². The van der Waals surface area contributed by atoms with E-state index in [1.807, 2.05) is 0 Å². The normalized spacial score (nSPS) is 12.4. The maximum Gasteiger partial charge on any atom is 0.148 e. The second-order valence-corrected chi connectivity index (χ2v) is 3.56. The van der Waals surface area contributed by atoms with Crippen molar-refractivity contribution in [2.24, 2.45) is 0 Å². The van der Waals surface area contributed by atoms with Crippen LogP contribution in [0.2, 0.25) is 0 Å². The second kappa shape index (κ2) is 6.30. The van der Waals surface area contributed by atoms with Crippen LogP contribution in [0.15, 0.2) is 18.2 Å². The molecule has 1 unspecified atom stereocenters. The predicted molar refractivity (Wildman–Crippen MR) is 61.8 cm³/mol. The van der Waals surface area contributed by atoms with Gasteiger partial charge in [-0.15, -0.1) is 0 Å². The number of aliphatic hydroxyl groups is 1. The molecule has 0 saturated carbocycles. The molecule has 90 valence electrons. The monoisotopic (exact) mass is 228 g/mol. The van der Waals surface area contributed by atoms with E-state index in [0.29, 0.717) is 24.3 Å². The summed E-state index contributed by atoms with van der Waals surface area (Å²) in [6.45, 7) is 0.761. The third kappa shape index (κ3) is 4.04. The Bertz CT molecular complexity index is 334. The van der Waals surface area contributed by atoms with Gasteiger partial charge in [0.15, 0.2) is 0 Å². The number of aliphatic hydroxyl groups excluding tert-OH is 1. The van der Waals surface area contributed by atoms with Crippen LogP contribution in [0, 0.1) is 5.82 Å². The van der Waals surface area contributed by atoms with Gasteiger partial charge in [-0.2, -0.15) is 0 Å². The Kier molecular flexibility index (Phi) is 5.01. The third-order valence-electron chi connectivity index (χ3n) is 2.15. The molecule has 1 aromatic carbocycles. The summed E-state index contributed by atoms with van der Waals surface area (Å²) < 4.78 is 18.1. The van der Waals surface area contributed by atoms with Crippen LogP contribution >= 0.6 is 0 Å². The van der Waals surface area contributed by atoms with E-state index in [1.54, 1.807) is 12.1 Å². The molecule has 5 heteroatoms. The first-order chi connectivity index (χ1) is 7.63. The summed E-state index contributed by atoms with van der Waals surface area (Å²) in [5.74, 6) is -0.388. The van der Waals surface area contributed by atoms with Gasteiger partial charge in [0.2, 0.25) is 0 Å². The van der Waals surface area contributed by atoms with E-state index in [-0.39, 0.29) is 12.4 Å². The first kappa shape index (κ1) is 12.7. The molecule has 0 saturated heterocycles. The number of rotatable bonds is 6. The van der Waals surface area contributed by atoms with Gasteiger partial charge in [-0.1, -0.05) is 0 Å². The van der Waals surface area contributed by atoms with Crippen LogP contribution in [-0.2, 0) is 4.74 Å². The molecular formula is C11H17FN2O2. The molecule has 4 nitrogen and oxygen atoms in total. The number of halogens is 1. The molecule has 16 heavy (non-hydrogen) atoms. The zero-order valence-electron chi connectivity index (χ0n) is 9.24.